The van der Waals surface area contributed by atoms with Gasteiger partial charge in [0.25, 0.3) is 0 Å². The maximum Gasteiger partial charge on any atom is 0.394 e. The molecule has 8 heavy (non-hydrogen) atoms. The Balaban J connectivity index is -0.0000000267. The van der Waals surface area contributed by atoms with Gasteiger partial charge in [-0.3, -0.25) is 9.11 Å². The SMILES string of the molecule is Cl.O.O=S(=O)(O)O.[Fe]. The summed E-state index contributed by atoms with van der Waals surface area (Å²) < 4.78 is 31.6. The van der Waals surface area contributed by atoms with E-state index in [9.17, 15) is 0 Å². The fourth-order valence-corrected chi connectivity index (χ4v) is 0. The Morgan fingerprint density at radius 1 is 1.12 bits per heavy atom. The van der Waals surface area contributed by atoms with Crippen LogP contribution in [0.2, 0.25) is 0 Å². The molecule has 4 N–H and O–H groups in total. The van der Waals surface area contributed by atoms with E-state index >= 15 is 0 Å². The average Bonchev–Trinajstić information content (AvgIpc) is 0.722. The molecular weight excluding hydrogens is 203 g/mol. The topological polar surface area (TPSA) is 106 Å². The summed E-state index contributed by atoms with van der Waals surface area (Å²) in [6, 6.07) is 0. The van der Waals surface area contributed by atoms with E-state index < -0.39 is 10.4 Å². The maximum absolute atomic E-state index is 8.74. The van der Waals surface area contributed by atoms with E-state index in [1.165, 1.54) is 0 Å². The van der Waals surface area contributed by atoms with Gasteiger partial charge in [-0.2, -0.15) is 8.42 Å². The molecule has 0 unspecified atom stereocenters. The van der Waals surface area contributed by atoms with Crippen molar-refractivity contribution in [2.24, 2.45) is 0 Å². The molecule has 0 saturated carbocycles. The zero-order chi connectivity index (χ0) is 4.50. The van der Waals surface area contributed by atoms with Crippen molar-refractivity contribution in [3.8, 4) is 0 Å². The van der Waals surface area contributed by atoms with Gasteiger partial charge < -0.3 is 5.48 Å². The fourth-order valence-electron chi connectivity index (χ4n) is 0. The van der Waals surface area contributed by atoms with E-state index in [0.717, 1.165) is 0 Å². The summed E-state index contributed by atoms with van der Waals surface area (Å²) in [7, 11) is -4.67. The Bertz CT molecular complexity index is 95.6. The molecule has 5 nitrogen and oxygen atoms in total. The second-order valence-electron chi connectivity index (χ2n) is 0.448. The molecule has 0 atom stereocenters. The molecule has 8 heteroatoms. The zero-order valence-corrected chi connectivity index (χ0v) is 6.12. The van der Waals surface area contributed by atoms with E-state index in [0.29, 0.717) is 0 Å². The van der Waals surface area contributed by atoms with E-state index in [2.05, 4.69) is 0 Å². The molecule has 0 aliphatic carbocycles. The molecule has 0 heterocycles. The van der Waals surface area contributed by atoms with Crippen LogP contribution in [0.5, 0.6) is 0 Å². The number of hydrogen-bond donors (Lipinski definition) is 2. The number of rotatable bonds is 0. The summed E-state index contributed by atoms with van der Waals surface area (Å²) >= 11 is 0. The van der Waals surface area contributed by atoms with Crippen LogP contribution >= 0.6 is 12.4 Å². The van der Waals surface area contributed by atoms with E-state index in [4.69, 9.17) is 17.5 Å². The first-order chi connectivity index (χ1) is 2.00. The van der Waals surface area contributed by atoms with Crippen LogP contribution in [0, 0.1) is 0 Å². The Labute approximate surface area is 63.2 Å². The number of halogens is 1. The summed E-state index contributed by atoms with van der Waals surface area (Å²) in [5.41, 5.74) is 0. The van der Waals surface area contributed by atoms with Gasteiger partial charge in [0, 0.05) is 17.1 Å². The first-order valence-electron chi connectivity index (χ1n) is 0.698. The molecule has 0 radical (unpaired) electrons. The summed E-state index contributed by atoms with van der Waals surface area (Å²) in [5.74, 6) is 0. The molecule has 0 aromatic rings. The first kappa shape index (κ1) is 23.4. The minimum absolute atomic E-state index is 0. The molecule has 0 spiro atoms. The monoisotopic (exact) mass is 208 g/mol. The fraction of sp³-hybridized carbons (Fsp3) is 0. The smallest absolute Gasteiger partial charge is 0.394 e. The normalized spacial score (nSPS) is 7.25. The van der Waals surface area contributed by atoms with Crippen molar-refractivity contribution < 1.29 is 40.1 Å². The van der Waals surface area contributed by atoms with Gasteiger partial charge in [-0.25, -0.2) is 0 Å². The molecule has 56 valence electrons. The second kappa shape index (κ2) is 7.64. The summed E-state index contributed by atoms with van der Waals surface area (Å²) in [5, 5.41) is 0. The van der Waals surface area contributed by atoms with Crippen LogP contribution in [0.15, 0.2) is 0 Å². The standard InChI is InChI=1S/ClH.Fe.H2O4S.H2O/c;;1-5(2,3)4;/h1H;;(H2,1,2,3,4);1H2. The van der Waals surface area contributed by atoms with Crippen LogP contribution in [0.4, 0.5) is 0 Å². The van der Waals surface area contributed by atoms with Crippen molar-refractivity contribution in [1.82, 2.24) is 0 Å². The van der Waals surface area contributed by atoms with Crippen LogP contribution < -0.4 is 0 Å². The molecule has 0 aliphatic heterocycles. The predicted octanol–water partition coefficient (Wildman–Crippen LogP) is -1.06. The van der Waals surface area contributed by atoms with Crippen molar-refractivity contribution in [2.75, 3.05) is 0 Å². The molecular formula is H5ClFeO5S. The Kier molecular flexibility index (Phi) is 22.4. The largest absolute Gasteiger partial charge is 0.412 e. The molecule has 0 fully saturated rings. The van der Waals surface area contributed by atoms with E-state index in [1.54, 1.807) is 0 Å². The van der Waals surface area contributed by atoms with Crippen LogP contribution in [-0.2, 0) is 27.5 Å². The van der Waals surface area contributed by atoms with Crippen molar-refractivity contribution >= 4 is 22.8 Å². The molecule has 0 aliphatic rings. The van der Waals surface area contributed by atoms with Gasteiger partial charge in [0.1, 0.15) is 0 Å². The van der Waals surface area contributed by atoms with Gasteiger partial charge in [-0.1, -0.05) is 0 Å². The zero-order valence-electron chi connectivity index (χ0n) is 3.38. The molecule has 0 saturated heterocycles. The van der Waals surface area contributed by atoms with Crippen molar-refractivity contribution in [3.05, 3.63) is 0 Å². The van der Waals surface area contributed by atoms with Crippen molar-refractivity contribution in [3.63, 3.8) is 0 Å². The molecule has 0 bridgehead atoms. The van der Waals surface area contributed by atoms with Gasteiger partial charge in [-0.15, -0.1) is 12.4 Å². The third kappa shape index (κ3) is 516. The van der Waals surface area contributed by atoms with Gasteiger partial charge >= 0.3 is 10.4 Å². The van der Waals surface area contributed by atoms with E-state index in [1.807, 2.05) is 0 Å². The van der Waals surface area contributed by atoms with Gasteiger partial charge in [0.15, 0.2) is 0 Å². The third-order valence-electron chi connectivity index (χ3n) is 0. The minimum atomic E-state index is -4.67. The van der Waals surface area contributed by atoms with Crippen molar-refractivity contribution in [2.45, 2.75) is 0 Å². The average molecular weight is 208 g/mol. The quantitative estimate of drug-likeness (QED) is 0.391. The van der Waals surface area contributed by atoms with Crippen LogP contribution in [-0.4, -0.2) is 23.0 Å². The maximum atomic E-state index is 8.74. The van der Waals surface area contributed by atoms with E-state index in [-0.39, 0.29) is 35.0 Å². The minimum Gasteiger partial charge on any atom is -0.412 e. The molecule has 0 aromatic carbocycles. The predicted molar refractivity (Wildman–Crippen MR) is 25.0 cm³/mol. The molecule has 0 amide bonds. The summed E-state index contributed by atoms with van der Waals surface area (Å²) in [4.78, 5) is 0. The number of hydrogen-bond acceptors (Lipinski definition) is 2. The summed E-state index contributed by atoms with van der Waals surface area (Å²) in [6.45, 7) is 0. The Morgan fingerprint density at radius 2 is 1.12 bits per heavy atom. The van der Waals surface area contributed by atoms with Gasteiger partial charge in [0.05, 0.1) is 0 Å². The Hall–Kier alpha value is 0.639. The Morgan fingerprint density at radius 3 is 1.12 bits per heavy atom. The molecule has 0 rings (SSSR count). The third-order valence-corrected chi connectivity index (χ3v) is 0. The van der Waals surface area contributed by atoms with Gasteiger partial charge in [0.2, 0.25) is 0 Å². The van der Waals surface area contributed by atoms with Gasteiger partial charge in [-0.05, 0) is 0 Å². The summed E-state index contributed by atoms with van der Waals surface area (Å²) in [6.07, 6.45) is 0. The first-order valence-corrected chi connectivity index (χ1v) is 2.10. The van der Waals surface area contributed by atoms with Crippen LogP contribution in [0.3, 0.4) is 0 Å². The van der Waals surface area contributed by atoms with Crippen molar-refractivity contribution in [1.29, 1.82) is 0 Å². The van der Waals surface area contributed by atoms with Crippen LogP contribution in [0.1, 0.15) is 0 Å². The second-order valence-corrected chi connectivity index (χ2v) is 1.34. The van der Waals surface area contributed by atoms with Crippen LogP contribution in [0.25, 0.3) is 0 Å². The molecule has 0 aromatic heterocycles.